The van der Waals surface area contributed by atoms with Gasteiger partial charge in [-0.3, -0.25) is 4.90 Å². The number of nitrogens with zero attached hydrogens (tertiary/aromatic N) is 1. The van der Waals surface area contributed by atoms with Crippen molar-refractivity contribution < 1.29 is 33.6 Å². The summed E-state index contributed by atoms with van der Waals surface area (Å²) in [5.41, 5.74) is 1.40. The minimum absolute atomic E-state index is 0.116. The number of ether oxygens (including phenoxy) is 5. The number of phenols is 1. The lowest BCUT2D eigenvalue weighted by Crippen LogP contribution is -2.77. The van der Waals surface area contributed by atoms with Crippen LogP contribution in [0.2, 0.25) is 0 Å². The number of esters is 1. The Morgan fingerprint density at radius 1 is 1.14 bits per heavy atom. The second-order valence-corrected chi connectivity index (χ2v) is 10.5. The number of hydrogen-bond acceptors (Lipinski definition) is 8. The van der Waals surface area contributed by atoms with E-state index in [1.54, 1.807) is 33.5 Å². The first-order valence-corrected chi connectivity index (χ1v) is 12.7. The van der Waals surface area contributed by atoms with Gasteiger partial charge in [-0.25, -0.2) is 4.79 Å². The molecule has 0 unspecified atom stereocenters. The number of carbonyl (C=O) groups is 1. The molecule has 1 N–H and O–H groups in total. The number of benzene rings is 2. The van der Waals surface area contributed by atoms with E-state index in [0.29, 0.717) is 18.6 Å². The highest BCUT2D eigenvalue weighted by Crippen LogP contribution is 2.73. The Bertz CT molecular complexity index is 1250. The zero-order chi connectivity index (χ0) is 26.0. The lowest BCUT2D eigenvalue weighted by Gasteiger charge is -2.61. The van der Waals surface area contributed by atoms with Crippen molar-refractivity contribution >= 4 is 12.0 Å². The number of methoxy groups -OCH3 is 3. The quantitative estimate of drug-likeness (QED) is 0.469. The van der Waals surface area contributed by atoms with Crippen LogP contribution in [-0.2, 0) is 29.2 Å². The zero-order valence-corrected chi connectivity index (χ0v) is 21.6. The van der Waals surface area contributed by atoms with E-state index in [2.05, 4.69) is 11.9 Å². The highest BCUT2D eigenvalue weighted by Gasteiger charge is 2.83. The van der Waals surface area contributed by atoms with Gasteiger partial charge in [0.2, 0.25) is 5.79 Å². The molecule has 3 fully saturated rings. The van der Waals surface area contributed by atoms with E-state index >= 15 is 0 Å². The second kappa shape index (κ2) is 8.56. The molecule has 2 aromatic rings. The molecule has 196 valence electrons. The van der Waals surface area contributed by atoms with Gasteiger partial charge in [-0.1, -0.05) is 36.4 Å². The van der Waals surface area contributed by atoms with Crippen molar-refractivity contribution in [3.63, 3.8) is 0 Å². The molecule has 37 heavy (non-hydrogen) atoms. The van der Waals surface area contributed by atoms with Crippen LogP contribution in [0.4, 0.5) is 0 Å². The molecule has 0 amide bonds. The monoisotopic (exact) mass is 507 g/mol. The van der Waals surface area contributed by atoms with Gasteiger partial charge in [0.15, 0.2) is 11.5 Å². The average Bonchev–Trinajstić information content (AvgIpc) is 3.41. The highest BCUT2D eigenvalue weighted by molar-refractivity contribution is 5.87. The van der Waals surface area contributed by atoms with Crippen LogP contribution < -0.4 is 4.74 Å². The van der Waals surface area contributed by atoms with Gasteiger partial charge in [0.1, 0.15) is 12.2 Å². The molecule has 6 rings (SSSR count). The summed E-state index contributed by atoms with van der Waals surface area (Å²) in [4.78, 5) is 15.4. The van der Waals surface area contributed by atoms with Crippen molar-refractivity contribution in [2.24, 2.45) is 0 Å². The molecule has 1 saturated carbocycles. The van der Waals surface area contributed by atoms with Crippen molar-refractivity contribution in [1.29, 1.82) is 0 Å². The van der Waals surface area contributed by atoms with E-state index in [-0.39, 0.29) is 11.9 Å². The third-order valence-electron chi connectivity index (χ3n) is 9.21. The van der Waals surface area contributed by atoms with Crippen molar-refractivity contribution in [3.8, 4) is 11.5 Å². The molecule has 0 aromatic heterocycles. The molecular formula is C29H33NO7. The Kier molecular flexibility index (Phi) is 5.65. The topological polar surface area (TPSA) is 86.7 Å². The van der Waals surface area contributed by atoms with Crippen LogP contribution in [0, 0.1) is 0 Å². The average molecular weight is 508 g/mol. The molecule has 6 atom stereocenters. The number of rotatable bonds is 6. The SMILES string of the molecule is COc1ccc2c(c1O)[C@@]13CCN(C)[C@@]14C[C@@H]2O[C@@]4(OC)[C@@H](OC)[C@@H](OC(=O)/C=C/c1ccccc1)C3. The van der Waals surface area contributed by atoms with Crippen molar-refractivity contribution in [2.45, 2.75) is 54.3 Å². The highest BCUT2D eigenvalue weighted by atomic mass is 16.7. The Hall–Kier alpha value is -2.91. The normalized spacial score (nSPS) is 35.8. The van der Waals surface area contributed by atoms with Crippen LogP contribution in [-0.4, -0.2) is 74.4 Å². The molecule has 0 radical (unpaired) electrons. The second-order valence-electron chi connectivity index (χ2n) is 10.5. The molecule has 1 spiro atoms. The number of fused-ring (bicyclic) bond motifs is 3. The largest absolute Gasteiger partial charge is 0.504 e. The molecule has 2 aromatic carbocycles. The van der Waals surface area contributed by atoms with E-state index < -0.39 is 34.9 Å². The molecule has 8 nitrogen and oxygen atoms in total. The summed E-state index contributed by atoms with van der Waals surface area (Å²) >= 11 is 0. The summed E-state index contributed by atoms with van der Waals surface area (Å²) in [6.45, 7) is 0.766. The van der Waals surface area contributed by atoms with E-state index in [9.17, 15) is 9.90 Å². The van der Waals surface area contributed by atoms with Gasteiger partial charge in [-0.15, -0.1) is 0 Å². The summed E-state index contributed by atoms with van der Waals surface area (Å²) < 4.78 is 30.8. The van der Waals surface area contributed by atoms with Gasteiger partial charge < -0.3 is 28.8 Å². The molecular weight excluding hydrogens is 474 g/mol. The number of likely N-dealkylation sites (N-methyl/N-ethyl adjacent to an activating group) is 1. The minimum Gasteiger partial charge on any atom is -0.504 e. The Labute approximate surface area is 216 Å². The van der Waals surface area contributed by atoms with E-state index in [4.69, 9.17) is 23.7 Å². The summed E-state index contributed by atoms with van der Waals surface area (Å²) in [6.07, 6.45) is 3.38. The van der Waals surface area contributed by atoms with Gasteiger partial charge in [0.05, 0.1) is 18.8 Å². The lowest BCUT2D eigenvalue weighted by atomic mass is 9.50. The van der Waals surface area contributed by atoms with Crippen LogP contribution in [0.15, 0.2) is 48.5 Å². The van der Waals surface area contributed by atoms with Crippen molar-refractivity contribution in [3.05, 3.63) is 65.2 Å². The Morgan fingerprint density at radius 3 is 2.62 bits per heavy atom. The molecule has 2 aliphatic carbocycles. The summed E-state index contributed by atoms with van der Waals surface area (Å²) in [5, 5.41) is 11.5. The maximum absolute atomic E-state index is 13.1. The van der Waals surface area contributed by atoms with Gasteiger partial charge in [-0.2, -0.15) is 0 Å². The van der Waals surface area contributed by atoms with E-state index in [1.165, 1.54) is 6.08 Å². The fraction of sp³-hybridized carbons (Fsp3) is 0.483. The number of likely N-dealkylation sites (tertiary alicyclic amines) is 1. The van der Waals surface area contributed by atoms with Gasteiger partial charge >= 0.3 is 5.97 Å². The number of hydrogen-bond donors (Lipinski definition) is 1. The van der Waals surface area contributed by atoms with Crippen LogP contribution >= 0.6 is 0 Å². The fourth-order valence-electron chi connectivity index (χ4n) is 7.89. The summed E-state index contributed by atoms with van der Waals surface area (Å²) in [7, 11) is 6.85. The van der Waals surface area contributed by atoms with Gasteiger partial charge in [0.25, 0.3) is 0 Å². The molecule has 8 heteroatoms. The van der Waals surface area contributed by atoms with Crippen molar-refractivity contribution in [2.75, 3.05) is 34.9 Å². The minimum atomic E-state index is -1.22. The first-order valence-electron chi connectivity index (χ1n) is 12.7. The molecule has 2 aliphatic heterocycles. The third-order valence-corrected chi connectivity index (χ3v) is 9.21. The van der Waals surface area contributed by atoms with E-state index in [0.717, 1.165) is 29.7 Å². The maximum Gasteiger partial charge on any atom is 0.331 e. The zero-order valence-electron chi connectivity index (χ0n) is 21.6. The smallest absolute Gasteiger partial charge is 0.331 e. The third kappa shape index (κ3) is 3.01. The fourth-order valence-corrected chi connectivity index (χ4v) is 7.89. The molecule has 2 saturated heterocycles. The van der Waals surface area contributed by atoms with Gasteiger partial charge in [-0.05, 0) is 49.7 Å². The van der Waals surface area contributed by atoms with Crippen LogP contribution in [0.1, 0.15) is 42.1 Å². The molecule has 2 bridgehead atoms. The summed E-state index contributed by atoms with van der Waals surface area (Å²) in [6, 6.07) is 13.3. The van der Waals surface area contributed by atoms with Crippen LogP contribution in [0.5, 0.6) is 11.5 Å². The summed E-state index contributed by atoms with van der Waals surface area (Å²) in [5.74, 6) is -1.16. The predicted molar refractivity (Wildman–Crippen MR) is 135 cm³/mol. The van der Waals surface area contributed by atoms with Gasteiger partial charge in [0, 0.05) is 37.7 Å². The lowest BCUT2D eigenvalue weighted by molar-refractivity contribution is -0.339. The number of aromatic hydroxyl groups is 1. The van der Waals surface area contributed by atoms with E-state index in [1.807, 2.05) is 36.4 Å². The standard InChI is InChI=1S/C29H33NO7/c1-30-15-14-27-16-22(36-23(31)13-10-18-8-6-5-7-9-18)26(34-3)29(35-4)28(27,30)17-21(37-29)19-11-12-20(33-2)25(32)24(19)27/h5-13,21-22,26,32H,14-17H2,1-4H3/b13-10+/t21-,22-,26-,27-,28-,29-/m0/s1. The molecule has 2 heterocycles. The van der Waals surface area contributed by atoms with Crippen molar-refractivity contribution in [1.82, 2.24) is 4.90 Å². The first kappa shape index (κ1) is 24.4. The predicted octanol–water partition coefficient (Wildman–Crippen LogP) is 3.57. The Balaban J connectivity index is 1.47. The first-order chi connectivity index (χ1) is 17.9. The number of phenolic OH excluding ortho intramolecular Hbond substituents is 1. The van der Waals surface area contributed by atoms with Crippen LogP contribution in [0.25, 0.3) is 6.08 Å². The molecule has 4 aliphatic rings. The Morgan fingerprint density at radius 2 is 1.92 bits per heavy atom. The van der Waals surface area contributed by atoms with Crippen LogP contribution in [0.3, 0.4) is 0 Å². The number of carbonyl (C=O) groups excluding carboxylic acids is 1. The maximum atomic E-state index is 13.1.